The molecule has 3 heteroatoms. The first-order valence-electron chi connectivity index (χ1n) is 7.26. The number of nitrogens with one attached hydrogen (secondary N) is 1. The first-order valence-corrected chi connectivity index (χ1v) is 7.26. The zero-order valence-electron chi connectivity index (χ0n) is 11.9. The van der Waals surface area contributed by atoms with Crippen LogP contribution in [0.3, 0.4) is 0 Å². The lowest BCUT2D eigenvalue weighted by Crippen LogP contribution is -2.39. The van der Waals surface area contributed by atoms with E-state index in [1.807, 2.05) is 0 Å². The molecule has 1 saturated heterocycles. The minimum absolute atomic E-state index is 0.353. The molecular weight excluding hydrogens is 212 g/mol. The highest BCUT2D eigenvalue weighted by molar-refractivity contribution is 4.72. The van der Waals surface area contributed by atoms with Crippen molar-refractivity contribution in [3.05, 3.63) is 0 Å². The van der Waals surface area contributed by atoms with Crippen LogP contribution in [0.25, 0.3) is 0 Å². The van der Waals surface area contributed by atoms with Crippen molar-refractivity contribution in [1.82, 2.24) is 10.2 Å². The van der Waals surface area contributed by atoms with Crippen molar-refractivity contribution in [3.63, 3.8) is 0 Å². The largest absolute Gasteiger partial charge is 0.377 e. The maximum atomic E-state index is 5.48. The zero-order chi connectivity index (χ0) is 12.5. The first kappa shape index (κ1) is 14.9. The molecule has 0 spiro atoms. The van der Waals surface area contributed by atoms with Crippen molar-refractivity contribution >= 4 is 0 Å². The number of nitrogens with zero attached hydrogens (tertiary/aromatic N) is 1. The van der Waals surface area contributed by atoms with Gasteiger partial charge in [-0.05, 0) is 59.7 Å². The third-order valence-corrected chi connectivity index (χ3v) is 3.47. The molecule has 0 amide bonds. The fraction of sp³-hybridized carbons (Fsp3) is 1.00. The Bertz CT molecular complexity index is 185. The van der Waals surface area contributed by atoms with E-state index in [0.29, 0.717) is 6.10 Å². The third kappa shape index (κ3) is 7.02. The van der Waals surface area contributed by atoms with E-state index in [4.69, 9.17) is 4.74 Å². The molecule has 17 heavy (non-hydrogen) atoms. The average molecular weight is 242 g/mol. The van der Waals surface area contributed by atoms with Crippen LogP contribution < -0.4 is 5.32 Å². The molecule has 102 valence electrons. The number of hydrogen-bond acceptors (Lipinski definition) is 3. The molecule has 1 atom stereocenters. The highest BCUT2D eigenvalue weighted by Gasteiger charge is 2.16. The van der Waals surface area contributed by atoms with Gasteiger partial charge in [0.25, 0.3) is 0 Å². The summed E-state index contributed by atoms with van der Waals surface area (Å²) < 4.78 is 5.48. The summed E-state index contributed by atoms with van der Waals surface area (Å²) in [6.45, 7) is 12.0. The van der Waals surface area contributed by atoms with Gasteiger partial charge in [-0.25, -0.2) is 0 Å². The van der Waals surface area contributed by atoms with Crippen molar-refractivity contribution in [3.8, 4) is 0 Å². The normalized spacial score (nSPS) is 22.2. The predicted octanol–water partition coefficient (Wildman–Crippen LogP) is 2.27. The quantitative estimate of drug-likeness (QED) is 0.661. The van der Waals surface area contributed by atoms with Gasteiger partial charge in [0, 0.05) is 12.6 Å². The fourth-order valence-corrected chi connectivity index (χ4v) is 2.39. The molecule has 3 nitrogen and oxygen atoms in total. The number of piperidine rings is 1. The van der Waals surface area contributed by atoms with E-state index in [9.17, 15) is 0 Å². The highest BCUT2D eigenvalue weighted by atomic mass is 16.5. The summed E-state index contributed by atoms with van der Waals surface area (Å²) in [7, 11) is 0. The number of hydrogen-bond donors (Lipinski definition) is 1. The van der Waals surface area contributed by atoms with Gasteiger partial charge in [-0.2, -0.15) is 0 Å². The van der Waals surface area contributed by atoms with E-state index in [1.54, 1.807) is 0 Å². The lowest BCUT2D eigenvalue weighted by Gasteiger charge is -2.33. The van der Waals surface area contributed by atoms with E-state index in [0.717, 1.165) is 25.7 Å². The maximum absolute atomic E-state index is 5.48. The van der Waals surface area contributed by atoms with Crippen LogP contribution in [0.15, 0.2) is 0 Å². The molecule has 0 aromatic rings. The molecule has 0 bridgehead atoms. The number of rotatable bonds is 8. The highest BCUT2D eigenvalue weighted by Crippen LogP contribution is 2.15. The Balaban J connectivity index is 1.89. The Morgan fingerprint density at radius 1 is 1.29 bits per heavy atom. The van der Waals surface area contributed by atoms with Crippen LogP contribution in [0.4, 0.5) is 0 Å². The van der Waals surface area contributed by atoms with E-state index < -0.39 is 0 Å². The Hall–Kier alpha value is -0.120. The van der Waals surface area contributed by atoms with E-state index in [-0.39, 0.29) is 0 Å². The van der Waals surface area contributed by atoms with Gasteiger partial charge in [-0.1, -0.05) is 6.42 Å². The summed E-state index contributed by atoms with van der Waals surface area (Å²) in [6, 6.07) is 0.799. The SMILES string of the molecule is CC(C)OCCNCCCN1CCCCC1C. The van der Waals surface area contributed by atoms with Gasteiger partial charge < -0.3 is 15.0 Å². The summed E-state index contributed by atoms with van der Waals surface area (Å²) in [5, 5.41) is 3.44. The molecule has 1 heterocycles. The van der Waals surface area contributed by atoms with Crippen LogP contribution in [0.1, 0.15) is 46.5 Å². The maximum Gasteiger partial charge on any atom is 0.0594 e. The molecule has 0 aromatic heterocycles. The molecular formula is C14H30N2O. The lowest BCUT2D eigenvalue weighted by atomic mass is 10.0. The summed E-state index contributed by atoms with van der Waals surface area (Å²) in [5.41, 5.74) is 0. The Labute approximate surface area is 107 Å². The molecule has 1 N–H and O–H groups in total. The predicted molar refractivity (Wildman–Crippen MR) is 73.5 cm³/mol. The van der Waals surface area contributed by atoms with Crippen LogP contribution in [0.5, 0.6) is 0 Å². The number of likely N-dealkylation sites (tertiary alicyclic amines) is 1. The minimum atomic E-state index is 0.353. The third-order valence-electron chi connectivity index (χ3n) is 3.47. The van der Waals surface area contributed by atoms with Crippen LogP contribution in [0.2, 0.25) is 0 Å². The van der Waals surface area contributed by atoms with Gasteiger partial charge in [0.2, 0.25) is 0 Å². The Morgan fingerprint density at radius 3 is 2.82 bits per heavy atom. The molecule has 1 rings (SSSR count). The van der Waals surface area contributed by atoms with Gasteiger partial charge in [0.1, 0.15) is 0 Å². The van der Waals surface area contributed by atoms with Gasteiger partial charge >= 0.3 is 0 Å². The molecule has 1 fully saturated rings. The molecule has 0 saturated carbocycles. The van der Waals surface area contributed by atoms with Gasteiger partial charge in [0.15, 0.2) is 0 Å². The Morgan fingerprint density at radius 2 is 2.12 bits per heavy atom. The van der Waals surface area contributed by atoms with Crippen LogP contribution in [-0.4, -0.2) is 49.8 Å². The molecule has 0 aliphatic carbocycles. The van der Waals surface area contributed by atoms with Crippen LogP contribution >= 0.6 is 0 Å². The first-order chi connectivity index (χ1) is 8.20. The van der Waals surface area contributed by atoms with Crippen molar-refractivity contribution in [2.24, 2.45) is 0 Å². The van der Waals surface area contributed by atoms with Crippen molar-refractivity contribution in [2.45, 2.75) is 58.6 Å². The molecule has 0 radical (unpaired) electrons. The van der Waals surface area contributed by atoms with Crippen molar-refractivity contribution < 1.29 is 4.74 Å². The fourth-order valence-electron chi connectivity index (χ4n) is 2.39. The standard InChI is InChI=1S/C14H30N2O/c1-13(2)17-12-9-15-8-6-11-16-10-5-4-7-14(16)3/h13-15H,4-12H2,1-3H3. The topological polar surface area (TPSA) is 24.5 Å². The summed E-state index contributed by atoms with van der Waals surface area (Å²) >= 11 is 0. The summed E-state index contributed by atoms with van der Waals surface area (Å²) in [4.78, 5) is 2.63. The second-order valence-corrected chi connectivity index (χ2v) is 5.40. The van der Waals surface area contributed by atoms with Gasteiger partial charge in [-0.3, -0.25) is 0 Å². The number of ether oxygens (including phenoxy) is 1. The molecule has 1 aliphatic heterocycles. The Kier molecular flexibility index (Phi) is 7.82. The smallest absolute Gasteiger partial charge is 0.0594 e. The van der Waals surface area contributed by atoms with Gasteiger partial charge in [-0.15, -0.1) is 0 Å². The lowest BCUT2D eigenvalue weighted by molar-refractivity contribution is 0.0805. The van der Waals surface area contributed by atoms with Crippen molar-refractivity contribution in [1.29, 1.82) is 0 Å². The molecule has 1 unspecified atom stereocenters. The summed E-state index contributed by atoms with van der Waals surface area (Å²) in [5.74, 6) is 0. The van der Waals surface area contributed by atoms with E-state index in [2.05, 4.69) is 31.0 Å². The van der Waals surface area contributed by atoms with Crippen molar-refractivity contribution in [2.75, 3.05) is 32.8 Å². The molecule has 0 aromatic carbocycles. The van der Waals surface area contributed by atoms with E-state index in [1.165, 1.54) is 38.8 Å². The summed E-state index contributed by atoms with van der Waals surface area (Å²) in [6.07, 6.45) is 5.80. The van der Waals surface area contributed by atoms with E-state index >= 15 is 0 Å². The van der Waals surface area contributed by atoms with Gasteiger partial charge in [0.05, 0.1) is 12.7 Å². The second-order valence-electron chi connectivity index (χ2n) is 5.40. The second kappa shape index (κ2) is 8.90. The zero-order valence-corrected chi connectivity index (χ0v) is 11.9. The van der Waals surface area contributed by atoms with Crippen LogP contribution in [-0.2, 0) is 4.74 Å². The minimum Gasteiger partial charge on any atom is -0.377 e. The monoisotopic (exact) mass is 242 g/mol. The molecule has 1 aliphatic rings. The van der Waals surface area contributed by atoms with Crippen LogP contribution in [0, 0.1) is 0 Å². The average Bonchev–Trinajstić information content (AvgIpc) is 2.30.